The van der Waals surface area contributed by atoms with Gasteiger partial charge in [-0.2, -0.15) is 4.39 Å². The van der Waals surface area contributed by atoms with Crippen molar-refractivity contribution in [1.82, 2.24) is 9.88 Å². The highest BCUT2D eigenvalue weighted by Crippen LogP contribution is 2.16. The summed E-state index contributed by atoms with van der Waals surface area (Å²) in [4.78, 5) is 16.8. The minimum atomic E-state index is -0.769. The molecule has 94 valence electrons. The lowest BCUT2D eigenvalue weighted by Gasteiger charge is -2.15. The average molecular weight is 313 g/mol. The second-order valence-electron chi connectivity index (χ2n) is 3.71. The van der Waals surface area contributed by atoms with Crippen LogP contribution in [0.5, 0.6) is 0 Å². The highest BCUT2D eigenvalue weighted by molar-refractivity contribution is 9.10. The molecule has 0 aliphatic rings. The molecule has 2 heterocycles. The number of amides is 1. The molecule has 0 atom stereocenters. The van der Waals surface area contributed by atoms with E-state index in [0.717, 1.165) is 0 Å². The molecular formula is C12H10BrFN2O2. The zero-order chi connectivity index (χ0) is 13.1. The molecule has 0 aromatic carbocycles. The number of nitrogens with zero attached hydrogens (tertiary/aromatic N) is 2. The monoisotopic (exact) mass is 312 g/mol. The summed E-state index contributed by atoms with van der Waals surface area (Å²) in [5.41, 5.74) is -0.0504. The van der Waals surface area contributed by atoms with Crippen LogP contribution in [0.25, 0.3) is 0 Å². The van der Waals surface area contributed by atoms with Crippen molar-refractivity contribution in [3.63, 3.8) is 0 Å². The predicted octanol–water partition coefficient (Wildman–Crippen LogP) is 2.85. The molecule has 0 saturated heterocycles. The number of carbonyl (C=O) groups excluding carboxylic acids is 1. The van der Waals surface area contributed by atoms with Gasteiger partial charge in [-0.1, -0.05) is 0 Å². The molecule has 0 radical (unpaired) electrons. The Morgan fingerprint density at radius 3 is 2.89 bits per heavy atom. The molecule has 0 saturated carbocycles. The maximum atomic E-state index is 13.4. The van der Waals surface area contributed by atoms with Gasteiger partial charge in [0.05, 0.1) is 12.1 Å². The third-order valence-corrected chi connectivity index (χ3v) is 2.78. The second kappa shape index (κ2) is 5.30. The first-order valence-electron chi connectivity index (χ1n) is 5.18. The van der Waals surface area contributed by atoms with Crippen molar-refractivity contribution in [1.29, 1.82) is 0 Å². The van der Waals surface area contributed by atoms with Crippen molar-refractivity contribution in [3.05, 3.63) is 52.4 Å². The summed E-state index contributed by atoms with van der Waals surface area (Å²) in [5, 5.41) is 0. The molecule has 0 unspecified atom stereocenters. The molecule has 0 N–H and O–H groups in total. The molecule has 2 aromatic heterocycles. The van der Waals surface area contributed by atoms with Crippen molar-refractivity contribution in [2.45, 2.75) is 6.54 Å². The van der Waals surface area contributed by atoms with Crippen molar-refractivity contribution in [3.8, 4) is 0 Å². The first kappa shape index (κ1) is 12.8. The molecule has 6 heteroatoms. The Bertz CT molecular complexity index is 571. The van der Waals surface area contributed by atoms with Crippen LogP contribution in [0.1, 0.15) is 16.1 Å². The lowest BCUT2D eigenvalue weighted by Crippen LogP contribution is -2.27. The van der Waals surface area contributed by atoms with Crippen LogP contribution < -0.4 is 0 Å². The number of furan rings is 1. The van der Waals surface area contributed by atoms with E-state index in [1.54, 1.807) is 19.2 Å². The van der Waals surface area contributed by atoms with Crippen molar-refractivity contribution < 1.29 is 13.6 Å². The first-order valence-corrected chi connectivity index (χ1v) is 5.97. The van der Waals surface area contributed by atoms with Gasteiger partial charge in [0.2, 0.25) is 5.95 Å². The van der Waals surface area contributed by atoms with Crippen LogP contribution in [0.3, 0.4) is 0 Å². The molecule has 4 nitrogen and oxygen atoms in total. The molecule has 2 rings (SSSR count). The number of pyridine rings is 1. The van der Waals surface area contributed by atoms with Gasteiger partial charge in [0.15, 0.2) is 4.67 Å². The maximum absolute atomic E-state index is 13.4. The van der Waals surface area contributed by atoms with Crippen LogP contribution in [0.4, 0.5) is 4.39 Å². The summed E-state index contributed by atoms with van der Waals surface area (Å²) >= 11 is 3.18. The zero-order valence-corrected chi connectivity index (χ0v) is 11.1. The van der Waals surface area contributed by atoms with E-state index in [4.69, 9.17) is 4.42 Å². The molecule has 0 aliphatic heterocycles. The van der Waals surface area contributed by atoms with Crippen molar-refractivity contribution in [2.24, 2.45) is 0 Å². The van der Waals surface area contributed by atoms with Gasteiger partial charge in [-0.3, -0.25) is 4.79 Å². The van der Waals surface area contributed by atoms with Gasteiger partial charge >= 0.3 is 0 Å². The van der Waals surface area contributed by atoms with Gasteiger partial charge in [-0.25, -0.2) is 4.98 Å². The second-order valence-corrected chi connectivity index (χ2v) is 4.49. The summed E-state index contributed by atoms with van der Waals surface area (Å²) in [6, 6.07) is 6.40. The van der Waals surface area contributed by atoms with E-state index in [-0.39, 0.29) is 12.1 Å². The summed E-state index contributed by atoms with van der Waals surface area (Å²) < 4.78 is 19.2. The predicted molar refractivity (Wildman–Crippen MR) is 66.4 cm³/mol. The molecule has 2 aromatic rings. The molecule has 18 heavy (non-hydrogen) atoms. The fraction of sp³-hybridized carbons (Fsp3) is 0.167. The first-order chi connectivity index (χ1) is 8.58. The van der Waals surface area contributed by atoms with Crippen LogP contribution >= 0.6 is 15.9 Å². The average Bonchev–Trinajstić information content (AvgIpc) is 2.74. The quantitative estimate of drug-likeness (QED) is 0.819. The molecule has 0 aliphatic carbocycles. The number of carbonyl (C=O) groups is 1. The van der Waals surface area contributed by atoms with Crippen LogP contribution in [-0.4, -0.2) is 22.8 Å². The fourth-order valence-corrected chi connectivity index (χ4v) is 1.83. The number of aromatic nitrogens is 1. The highest BCUT2D eigenvalue weighted by Gasteiger charge is 2.17. The summed E-state index contributed by atoms with van der Waals surface area (Å²) in [7, 11) is 1.57. The van der Waals surface area contributed by atoms with Crippen LogP contribution in [0.15, 0.2) is 39.5 Å². The van der Waals surface area contributed by atoms with Gasteiger partial charge in [-0.15, -0.1) is 0 Å². The lowest BCUT2D eigenvalue weighted by molar-refractivity contribution is 0.0769. The van der Waals surface area contributed by atoms with Gasteiger partial charge in [0.1, 0.15) is 5.76 Å². The summed E-state index contributed by atoms with van der Waals surface area (Å²) in [5.74, 6) is -0.592. The van der Waals surface area contributed by atoms with E-state index in [1.165, 1.54) is 23.2 Å². The Labute approximate surface area is 112 Å². The van der Waals surface area contributed by atoms with Crippen molar-refractivity contribution >= 4 is 21.8 Å². The Balaban J connectivity index is 2.12. The van der Waals surface area contributed by atoms with E-state index in [9.17, 15) is 9.18 Å². The standard InChI is InChI=1S/C12H10BrFN2O2/c1-16(7-8-4-5-10(13)18-8)12(17)9-3-2-6-15-11(9)14/h2-6H,7H2,1H3. The Kier molecular flexibility index (Phi) is 3.76. The molecule has 1 amide bonds. The number of hydrogen-bond acceptors (Lipinski definition) is 3. The lowest BCUT2D eigenvalue weighted by atomic mass is 10.2. The number of halogens is 2. The Hall–Kier alpha value is -1.69. The Morgan fingerprint density at radius 2 is 2.28 bits per heavy atom. The molecule has 0 spiro atoms. The van der Waals surface area contributed by atoms with Gasteiger partial charge < -0.3 is 9.32 Å². The topological polar surface area (TPSA) is 46.3 Å². The minimum absolute atomic E-state index is 0.0504. The summed E-state index contributed by atoms with van der Waals surface area (Å²) in [6.07, 6.45) is 1.30. The molecular weight excluding hydrogens is 303 g/mol. The van der Waals surface area contributed by atoms with Crippen LogP contribution in [-0.2, 0) is 6.54 Å². The van der Waals surface area contributed by atoms with Crippen molar-refractivity contribution in [2.75, 3.05) is 7.05 Å². The van der Waals surface area contributed by atoms with Gasteiger partial charge in [-0.05, 0) is 40.2 Å². The number of rotatable bonds is 3. The van der Waals surface area contributed by atoms with E-state index in [2.05, 4.69) is 20.9 Å². The van der Waals surface area contributed by atoms with Gasteiger partial charge in [0.25, 0.3) is 5.91 Å². The van der Waals surface area contributed by atoms with E-state index in [1.807, 2.05) is 0 Å². The van der Waals surface area contributed by atoms with Crippen LogP contribution in [0.2, 0.25) is 0 Å². The van der Waals surface area contributed by atoms with E-state index >= 15 is 0 Å². The highest BCUT2D eigenvalue weighted by atomic mass is 79.9. The fourth-order valence-electron chi connectivity index (χ4n) is 1.49. The largest absolute Gasteiger partial charge is 0.452 e. The van der Waals surface area contributed by atoms with E-state index < -0.39 is 11.9 Å². The molecule has 0 fully saturated rings. The van der Waals surface area contributed by atoms with Gasteiger partial charge in [0, 0.05) is 13.2 Å². The maximum Gasteiger partial charge on any atom is 0.258 e. The number of hydrogen-bond donors (Lipinski definition) is 0. The van der Waals surface area contributed by atoms with E-state index in [0.29, 0.717) is 10.4 Å². The Morgan fingerprint density at radius 1 is 1.50 bits per heavy atom. The summed E-state index contributed by atoms with van der Waals surface area (Å²) in [6.45, 7) is 0.263. The normalized spacial score (nSPS) is 10.4. The zero-order valence-electron chi connectivity index (χ0n) is 9.56. The third-order valence-electron chi connectivity index (χ3n) is 2.36. The molecule has 0 bridgehead atoms. The van der Waals surface area contributed by atoms with Crippen LogP contribution in [0, 0.1) is 5.95 Å². The minimum Gasteiger partial charge on any atom is -0.452 e. The SMILES string of the molecule is CN(Cc1ccc(Br)o1)C(=O)c1cccnc1F. The smallest absolute Gasteiger partial charge is 0.258 e. The third kappa shape index (κ3) is 2.76.